The summed E-state index contributed by atoms with van der Waals surface area (Å²) < 4.78 is 41.1. The molecule has 3 aromatic rings. The van der Waals surface area contributed by atoms with Crippen molar-refractivity contribution in [2.75, 3.05) is 50.7 Å². The number of ether oxygens (including phenoxy) is 3. The number of amides is 2. The lowest BCUT2D eigenvalue weighted by molar-refractivity contribution is -0.0258. The van der Waals surface area contributed by atoms with Crippen molar-refractivity contribution < 1.29 is 33.1 Å². The Bertz CT molecular complexity index is 2030. The Kier molecular flexibility index (Phi) is 10.9. The molecule has 53 heavy (non-hydrogen) atoms. The van der Waals surface area contributed by atoms with Gasteiger partial charge in [0.15, 0.2) is 0 Å². The first kappa shape index (κ1) is 37.4. The first-order chi connectivity index (χ1) is 25.5. The summed E-state index contributed by atoms with van der Waals surface area (Å²) in [6.45, 7) is 3.90. The number of carbonyl (C=O) groups excluding carboxylic acids is 2. The standard InChI is InChI=1S/C39H48ClN5O7S/c1-25-6-4-8-34(51-17-16-46)30-12-9-28(30)20-45-23-39(15-5-7-26-18-29(40)11-13-32(26)39)24-52-35-14-10-27(19-33(35)45)36(47)42-53(49,22-25)43-37(48)31-21-44(2)41-38(31)50-3/h4,8,10-11,13-14,18-19,21,25,28,30,34,46H,5-7,9,12,15-17,20,22-24H2,1-3H3,(H,42,43,47,48,49)/b8-4+/t25-,28-,30+,34-,39-,53-/m0/s1. The molecule has 12 nitrogen and oxygen atoms in total. The lowest BCUT2D eigenvalue weighted by Gasteiger charge is -2.46. The highest BCUT2D eigenvalue weighted by Crippen LogP contribution is 2.47. The molecule has 4 aliphatic rings. The number of halogens is 1. The highest BCUT2D eigenvalue weighted by Gasteiger charge is 2.44. The number of benzene rings is 2. The number of aliphatic hydroxyl groups excluding tert-OH is 1. The van der Waals surface area contributed by atoms with E-state index in [1.54, 1.807) is 25.2 Å². The van der Waals surface area contributed by atoms with Crippen molar-refractivity contribution in [3.8, 4) is 11.6 Å². The van der Waals surface area contributed by atoms with Gasteiger partial charge in [-0.15, -0.1) is 9.46 Å². The Morgan fingerprint density at radius 3 is 2.85 bits per heavy atom. The SMILES string of the molecule is COc1nn(C)cc1C(=O)N[S@@]1(=O)=NC(=O)c2ccc3c(c2)N(C[C@@H]2CC[C@H]2[C@@H](OCCO)/C=C/C[C@H](C)C1)C[C@@]1(CCCc2cc(Cl)ccc21)CO3. The molecule has 0 saturated heterocycles. The summed E-state index contributed by atoms with van der Waals surface area (Å²) in [7, 11) is -0.594. The van der Waals surface area contributed by atoms with Crippen LogP contribution in [0.15, 0.2) is 59.1 Å². The number of aryl methyl sites for hydroxylation is 2. The van der Waals surface area contributed by atoms with Crippen LogP contribution in [0.5, 0.6) is 11.6 Å². The molecule has 3 heterocycles. The van der Waals surface area contributed by atoms with Crippen LogP contribution < -0.4 is 19.1 Å². The van der Waals surface area contributed by atoms with E-state index in [-0.39, 0.29) is 59.3 Å². The van der Waals surface area contributed by atoms with Crippen LogP contribution in [0, 0.1) is 17.8 Å². The maximum atomic E-state index is 14.6. The largest absolute Gasteiger partial charge is 0.490 e. The molecule has 284 valence electrons. The van der Waals surface area contributed by atoms with Crippen molar-refractivity contribution in [1.82, 2.24) is 14.5 Å². The number of rotatable bonds is 6. The molecule has 1 aromatic heterocycles. The number of nitrogens with one attached hydrogen (secondary N) is 1. The molecule has 1 spiro atoms. The van der Waals surface area contributed by atoms with Gasteiger partial charge in [-0.3, -0.25) is 19.0 Å². The zero-order valence-electron chi connectivity index (χ0n) is 30.5. The number of allylic oxidation sites excluding steroid dienone is 1. The average molecular weight is 766 g/mol. The lowest BCUT2D eigenvalue weighted by Crippen LogP contribution is -2.49. The van der Waals surface area contributed by atoms with E-state index in [1.165, 1.54) is 29.1 Å². The Morgan fingerprint density at radius 2 is 2.08 bits per heavy atom. The molecule has 1 fully saturated rings. The topological polar surface area (TPSA) is 145 Å². The molecule has 2 bridgehead atoms. The van der Waals surface area contributed by atoms with Crippen molar-refractivity contribution in [1.29, 1.82) is 0 Å². The molecule has 2 amide bonds. The van der Waals surface area contributed by atoms with Crippen LogP contribution in [-0.2, 0) is 33.5 Å². The molecule has 0 unspecified atom stereocenters. The van der Waals surface area contributed by atoms with Crippen molar-refractivity contribution >= 4 is 39.0 Å². The van der Waals surface area contributed by atoms with Gasteiger partial charge in [0, 0.05) is 42.3 Å². The van der Waals surface area contributed by atoms with Gasteiger partial charge in [-0.05, 0) is 97.7 Å². The highest BCUT2D eigenvalue weighted by molar-refractivity contribution is 7.92. The summed E-state index contributed by atoms with van der Waals surface area (Å²) in [4.78, 5) is 29.9. The summed E-state index contributed by atoms with van der Waals surface area (Å²) in [5, 5.41) is 14.5. The van der Waals surface area contributed by atoms with Gasteiger partial charge in [-0.2, -0.15) is 0 Å². The van der Waals surface area contributed by atoms with Crippen molar-refractivity contribution in [2.45, 2.75) is 57.0 Å². The van der Waals surface area contributed by atoms with E-state index in [2.05, 4.69) is 37.3 Å². The van der Waals surface area contributed by atoms with E-state index in [0.717, 1.165) is 42.8 Å². The monoisotopic (exact) mass is 765 g/mol. The van der Waals surface area contributed by atoms with Crippen LogP contribution in [0.4, 0.5) is 5.69 Å². The predicted octanol–water partition coefficient (Wildman–Crippen LogP) is 5.51. The van der Waals surface area contributed by atoms with Gasteiger partial charge in [0.1, 0.15) is 21.2 Å². The molecule has 14 heteroatoms. The molecular weight excluding hydrogens is 718 g/mol. The maximum Gasteiger partial charge on any atom is 0.286 e. The number of nitrogens with zero attached hydrogens (tertiary/aromatic N) is 4. The van der Waals surface area contributed by atoms with Crippen LogP contribution >= 0.6 is 11.6 Å². The first-order valence-electron chi connectivity index (χ1n) is 18.4. The molecule has 1 saturated carbocycles. The summed E-state index contributed by atoms with van der Waals surface area (Å²) >= 11 is 6.46. The fourth-order valence-electron chi connectivity index (χ4n) is 8.46. The second-order valence-corrected chi connectivity index (χ2v) is 17.4. The molecule has 2 aliphatic carbocycles. The summed E-state index contributed by atoms with van der Waals surface area (Å²) in [6.07, 6.45) is 10.7. The highest BCUT2D eigenvalue weighted by atomic mass is 35.5. The zero-order chi connectivity index (χ0) is 37.3. The Morgan fingerprint density at radius 1 is 1.23 bits per heavy atom. The number of hydrogen-bond donors (Lipinski definition) is 2. The minimum atomic E-state index is -3.64. The van der Waals surface area contributed by atoms with Gasteiger partial charge in [0.05, 0.1) is 44.5 Å². The fraction of sp³-hybridized carbons (Fsp3) is 0.513. The summed E-state index contributed by atoms with van der Waals surface area (Å²) in [6, 6.07) is 11.4. The van der Waals surface area contributed by atoms with Crippen molar-refractivity contribution in [2.24, 2.45) is 29.2 Å². The van der Waals surface area contributed by atoms with Gasteiger partial charge in [-0.25, -0.2) is 4.21 Å². The zero-order valence-corrected chi connectivity index (χ0v) is 32.0. The van der Waals surface area contributed by atoms with E-state index in [0.29, 0.717) is 37.8 Å². The molecule has 2 aromatic carbocycles. The van der Waals surface area contributed by atoms with Gasteiger partial charge < -0.3 is 24.2 Å². The van der Waals surface area contributed by atoms with Crippen LogP contribution in [0.2, 0.25) is 5.02 Å². The van der Waals surface area contributed by atoms with Crippen molar-refractivity contribution in [3.63, 3.8) is 0 Å². The van der Waals surface area contributed by atoms with Gasteiger partial charge in [0.2, 0.25) is 5.88 Å². The number of carbonyl (C=O) groups is 2. The normalized spacial score (nSPS) is 29.1. The molecule has 7 rings (SSSR count). The third-order valence-electron chi connectivity index (χ3n) is 11.1. The molecule has 2 N–H and O–H groups in total. The third-order valence-corrected chi connectivity index (χ3v) is 13.4. The van der Waals surface area contributed by atoms with Crippen LogP contribution in [0.1, 0.15) is 70.9 Å². The third kappa shape index (κ3) is 7.85. The quantitative estimate of drug-likeness (QED) is 0.311. The summed E-state index contributed by atoms with van der Waals surface area (Å²) in [5.41, 5.74) is 3.28. The number of methoxy groups -OCH3 is 1. The Balaban J connectivity index is 1.31. The molecule has 2 aliphatic heterocycles. The number of aliphatic hydroxyl groups is 1. The Labute approximate surface area is 316 Å². The van der Waals surface area contributed by atoms with Gasteiger partial charge >= 0.3 is 0 Å². The number of aromatic nitrogens is 2. The lowest BCUT2D eigenvalue weighted by atomic mass is 9.68. The van der Waals surface area contributed by atoms with Crippen molar-refractivity contribution in [3.05, 3.63) is 82.0 Å². The smallest absolute Gasteiger partial charge is 0.286 e. The summed E-state index contributed by atoms with van der Waals surface area (Å²) in [5.74, 6) is -0.445. The fourth-order valence-corrected chi connectivity index (χ4v) is 10.5. The first-order valence-corrected chi connectivity index (χ1v) is 20.4. The van der Waals surface area contributed by atoms with E-state index in [1.807, 2.05) is 19.1 Å². The predicted molar refractivity (Wildman–Crippen MR) is 203 cm³/mol. The minimum absolute atomic E-state index is 0.0686. The van der Waals surface area contributed by atoms with Gasteiger partial charge in [-0.1, -0.05) is 36.7 Å². The minimum Gasteiger partial charge on any atom is -0.490 e. The number of anilines is 1. The second kappa shape index (κ2) is 15.4. The molecule has 0 radical (unpaired) electrons. The number of hydrogen-bond acceptors (Lipinski definition) is 9. The van der Waals surface area contributed by atoms with Gasteiger partial charge in [0.25, 0.3) is 11.8 Å². The van der Waals surface area contributed by atoms with E-state index < -0.39 is 21.7 Å². The van der Waals surface area contributed by atoms with E-state index in [4.69, 9.17) is 25.8 Å². The molecule has 6 atom stereocenters. The Hall–Kier alpha value is -3.91. The van der Waals surface area contributed by atoms with E-state index in [9.17, 15) is 18.9 Å². The van der Waals surface area contributed by atoms with Crippen LogP contribution in [-0.4, -0.2) is 82.8 Å². The maximum absolute atomic E-state index is 14.6. The van der Waals surface area contributed by atoms with E-state index >= 15 is 0 Å². The average Bonchev–Trinajstić information content (AvgIpc) is 3.43. The van der Waals surface area contributed by atoms with Crippen LogP contribution in [0.3, 0.4) is 0 Å². The second-order valence-electron chi connectivity index (χ2n) is 15.0. The number of fused-ring (bicyclic) bond motifs is 4. The molecular formula is C39H48ClN5O7S. The van der Waals surface area contributed by atoms with Crippen LogP contribution in [0.25, 0.3) is 0 Å².